The van der Waals surface area contributed by atoms with E-state index in [-0.39, 0.29) is 17.9 Å². The summed E-state index contributed by atoms with van der Waals surface area (Å²) in [5.74, 6) is -0.0519. The molecule has 0 aromatic carbocycles. The van der Waals surface area contributed by atoms with E-state index in [0.29, 0.717) is 25.7 Å². The minimum atomic E-state index is -0.0607. The first-order chi connectivity index (χ1) is 11.2. The van der Waals surface area contributed by atoms with Gasteiger partial charge in [-0.1, -0.05) is 25.8 Å². The Morgan fingerprint density at radius 3 is 2.96 bits per heavy atom. The number of unbranched alkanes of at least 4 members (excludes halogenated alkanes) is 1. The first kappa shape index (κ1) is 17.1. The smallest absolute Gasteiger partial charge is 0.240 e. The molecule has 2 amide bonds. The highest BCUT2D eigenvalue weighted by Crippen LogP contribution is 2.19. The topological polar surface area (TPSA) is 83.5 Å². The molecule has 1 aliphatic heterocycles. The number of hydrazone groups is 1. The number of carbonyl (C=O) groups excluding carboxylic acids is 2. The van der Waals surface area contributed by atoms with Crippen molar-refractivity contribution in [1.29, 1.82) is 0 Å². The van der Waals surface area contributed by atoms with E-state index in [4.69, 9.17) is 0 Å². The molecular weight excluding hydrogens is 292 g/mol. The second-order valence-electron chi connectivity index (χ2n) is 5.76. The first-order valence-electron chi connectivity index (χ1n) is 8.22. The van der Waals surface area contributed by atoms with Crippen molar-refractivity contribution in [2.45, 2.75) is 57.9 Å². The lowest BCUT2D eigenvalue weighted by molar-refractivity contribution is -0.122. The van der Waals surface area contributed by atoms with Crippen molar-refractivity contribution in [3.63, 3.8) is 0 Å². The Bertz CT molecular complexity index is 557. The van der Waals surface area contributed by atoms with Crippen LogP contribution in [0.5, 0.6) is 0 Å². The number of hydrogen-bond acceptors (Lipinski definition) is 4. The molecule has 0 radical (unpaired) electrons. The van der Waals surface area contributed by atoms with Gasteiger partial charge in [0.2, 0.25) is 11.8 Å². The van der Waals surface area contributed by atoms with Gasteiger partial charge in [0.1, 0.15) is 0 Å². The van der Waals surface area contributed by atoms with Gasteiger partial charge in [-0.25, -0.2) is 5.43 Å². The highest BCUT2D eigenvalue weighted by atomic mass is 16.2. The minimum absolute atomic E-state index is 0.00384. The van der Waals surface area contributed by atoms with Gasteiger partial charge in [-0.15, -0.1) is 0 Å². The maximum Gasteiger partial charge on any atom is 0.240 e. The molecule has 6 heteroatoms. The second-order valence-corrected chi connectivity index (χ2v) is 5.76. The number of amides is 2. The molecule has 2 heterocycles. The monoisotopic (exact) mass is 316 g/mol. The molecule has 0 bridgehead atoms. The van der Waals surface area contributed by atoms with Crippen molar-refractivity contribution in [1.82, 2.24) is 15.7 Å². The largest absolute Gasteiger partial charge is 0.349 e. The van der Waals surface area contributed by atoms with E-state index in [1.807, 2.05) is 12.1 Å². The van der Waals surface area contributed by atoms with Crippen molar-refractivity contribution >= 4 is 17.5 Å². The van der Waals surface area contributed by atoms with Crippen LogP contribution in [-0.2, 0) is 9.59 Å². The zero-order chi connectivity index (χ0) is 16.5. The van der Waals surface area contributed by atoms with Crippen LogP contribution in [0.3, 0.4) is 0 Å². The van der Waals surface area contributed by atoms with Crippen LogP contribution in [-0.4, -0.2) is 22.5 Å². The van der Waals surface area contributed by atoms with Crippen molar-refractivity contribution in [3.05, 3.63) is 30.1 Å². The standard InChI is InChI=1S/C17H24N4O2/c1-2-3-6-15(13-5-4-11-18-12-13)19-16(22)9-7-14-8-10-17(23)21-20-14/h4-5,11-12,15H,2-3,6-10H2,1H3,(H,19,22)(H,21,23)/t15-/m0/s1. The fraction of sp³-hybridized carbons (Fsp3) is 0.529. The lowest BCUT2D eigenvalue weighted by atomic mass is 10.0. The number of pyridine rings is 1. The van der Waals surface area contributed by atoms with Crippen LogP contribution in [0.4, 0.5) is 0 Å². The van der Waals surface area contributed by atoms with Gasteiger partial charge in [-0.05, 0) is 30.9 Å². The molecule has 0 spiro atoms. The molecule has 0 saturated heterocycles. The van der Waals surface area contributed by atoms with Gasteiger partial charge < -0.3 is 5.32 Å². The Hall–Kier alpha value is -2.24. The van der Waals surface area contributed by atoms with E-state index in [1.54, 1.807) is 12.4 Å². The van der Waals surface area contributed by atoms with Gasteiger partial charge in [0.05, 0.1) is 6.04 Å². The van der Waals surface area contributed by atoms with Crippen molar-refractivity contribution in [2.24, 2.45) is 5.10 Å². The molecule has 1 aromatic heterocycles. The van der Waals surface area contributed by atoms with Crippen LogP contribution >= 0.6 is 0 Å². The molecule has 0 aliphatic carbocycles. The van der Waals surface area contributed by atoms with E-state index >= 15 is 0 Å². The summed E-state index contributed by atoms with van der Waals surface area (Å²) >= 11 is 0. The third-order valence-electron chi connectivity index (χ3n) is 3.89. The molecule has 1 aliphatic rings. The molecule has 0 saturated carbocycles. The predicted molar refractivity (Wildman–Crippen MR) is 88.7 cm³/mol. The summed E-state index contributed by atoms with van der Waals surface area (Å²) in [4.78, 5) is 27.4. The van der Waals surface area contributed by atoms with Crippen LogP contribution in [0.15, 0.2) is 29.6 Å². The average Bonchev–Trinajstić information content (AvgIpc) is 2.59. The fourth-order valence-corrected chi connectivity index (χ4v) is 2.53. The molecule has 0 unspecified atom stereocenters. The summed E-state index contributed by atoms with van der Waals surface area (Å²) < 4.78 is 0. The van der Waals surface area contributed by atoms with E-state index in [1.165, 1.54) is 0 Å². The fourth-order valence-electron chi connectivity index (χ4n) is 2.53. The van der Waals surface area contributed by atoms with Crippen molar-refractivity contribution < 1.29 is 9.59 Å². The SMILES string of the molecule is CCCC[C@H](NC(=O)CCC1=NNC(=O)CC1)c1cccnc1. The van der Waals surface area contributed by atoms with Crippen LogP contribution in [0.1, 0.15) is 63.5 Å². The first-order valence-corrected chi connectivity index (χ1v) is 8.22. The number of nitrogens with zero attached hydrogens (tertiary/aromatic N) is 2. The Balaban J connectivity index is 1.86. The molecule has 2 rings (SSSR count). The average molecular weight is 316 g/mol. The Labute approximate surface area is 136 Å². The third-order valence-corrected chi connectivity index (χ3v) is 3.89. The molecule has 2 N–H and O–H groups in total. The summed E-state index contributed by atoms with van der Waals surface area (Å²) in [7, 11) is 0. The maximum atomic E-state index is 12.2. The van der Waals surface area contributed by atoms with Gasteiger partial charge in [0.15, 0.2) is 0 Å². The van der Waals surface area contributed by atoms with Crippen LogP contribution in [0.25, 0.3) is 0 Å². The van der Waals surface area contributed by atoms with E-state index in [2.05, 4.69) is 27.8 Å². The summed E-state index contributed by atoms with van der Waals surface area (Å²) in [6, 6.07) is 3.89. The number of carbonyl (C=O) groups is 2. The van der Waals surface area contributed by atoms with E-state index in [0.717, 1.165) is 30.5 Å². The molecular formula is C17H24N4O2. The normalized spacial score (nSPS) is 15.5. The summed E-state index contributed by atoms with van der Waals surface area (Å²) in [5, 5.41) is 7.09. The molecule has 1 aromatic rings. The lowest BCUT2D eigenvalue weighted by Crippen LogP contribution is -2.30. The summed E-state index contributed by atoms with van der Waals surface area (Å²) in [6.07, 6.45) is 8.65. The molecule has 0 fully saturated rings. The van der Waals surface area contributed by atoms with Gasteiger partial charge in [-0.3, -0.25) is 14.6 Å². The molecule has 23 heavy (non-hydrogen) atoms. The third kappa shape index (κ3) is 5.81. The molecule has 6 nitrogen and oxygen atoms in total. The van der Waals surface area contributed by atoms with E-state index < -0.39 is 0 Å². The van der Waals surface area contributed by atoms with Gasteiger partial charge in [-0.2, -0.15) is 5.10 Å². The Kier molecular flexibility index (Phi) is 6.72. The maximum absolute atomic E-state index is 12.2. The number of rotatable bonds is 8. The second kappa shape index (κ2) is 9.02. The van der Waals surface area contributed by atoms with E-state index in [9.17, 15) is 9.59 Å². The number of aromatic nitrogens is 1. The minimum Gasteiger partial charge on any atom is -0.349 e. The number of hydrogen-bond donors (Lipinski definition) is 2. The van der Waals surface area contributed by atoms with Crippen LogP contribution in [0.2, 0.25) is 0 Å². The quantitative estimate of drug-likeness (QED) is 0.773. The molecule has 124 valence electrons. The molecule has 1 atom stereocenters. The van der Waals surface area contributed by atoms with Crippen molar-refractivity contribution in [2.75, 3.05) is 0 Å². The Morgan fingerprint density at radius 1 is 1.43 bits per heavy atom. The van der Waals surface area contributed by atoms with Gasteiger partial charge in [0, 0.05) is 30.9 Å². The highest BCUT2D eigenvalue weighted by Gasteiger charge is 2.16. The number of nitrogens with one attached hydrogen (secondary N) is 2. The predicted octanol–water partition coefficient (Wildman–Crippen LogP) is 2.48. The zero-order valence-electron chi connectivity index (χ0n) is 13.5. The Morgan fingerprint density at radius 2 is 2.30 bits per heavy atom. The summed E-state index contributed by atoms with van der Waals surface area (Å²) in [5.41, 5.74) is 4.38. The van der Waals surface area contributed by atoms with Crippen LogP contribution < -0.4 is 10.7 Å². The zero-order valence-corrected chi connectivity index (χ0v) is 13.5. The highest BCUT2D eigenvalue weighted by molar-refractivity contribution is 5.94. The van der Waals surface area contributed by atoms with Crippen molar-refractivity contribution in [3.8, 4) is 0 Å². The van der Waals surface area contributed by atoms with Gasteiger partial charge >= 0.3 is 0 Å². The summed E-state index contributed by atoms with van der Waals surface area (Å²) in [6.45, 7) is 2.14. The lowest BCUT2D eigenvalue weighted by Gasteiger charge is -2.19. The van der Waals surface area contributed by atoms with Gasteiger partial charge in [0.25, 0.3) is 0 Å². The van der Waals surface area contributed by atoms with Crippen LogP contribution in [0, 0.1) is 0 Å².